The highest BCUT2D eigenvalue weighted by Crippen LogP contribution is 2.62. The Labute approximate surface area is 100.0 Å². The van der Waals surface area contributed by atoms with Gasteiger partial charge in [0.25, 0.3) is 0 Å². The van der Waals surface area contributed by atoms with Crippen molar-refractivity contribution in [3.63, 3.8) is 0 Å². The maximum absolute atomic E-state index is 11.8. The molecular formula is C13H16O4. The molecular weight excluding hydrogens is 220 g/mol. The summed E-state index contributed by atoms with van der Waals surface area (Å²) in [7, 11) is 0. The van der Waals surface area contributed by atoms with Crippen LogP contribution < -0.4 is 0 Å². The molecule has 3 fully saturated rings. The van der Waals surface area contributed by atoms with Crippen molar-refractivity contribution in [2.75, 3.05) is 0 Å². The fraction of sp³-hybridized carbons (Fsp3) is 0.692. The number of ether oxygens (including phenoxy) is 2. The maximum atomic E-state index is 11.8. The molecule has 17 heavy (non-hydrogen) atoms. The van der Waals surface area contributed by atoms with E-state index in [1.165, 1.54) is 0 Å². The van der Waals surface area contributed by atoms with Gasteiger partial charge < -0.3 is 9.47 Å². The molecule has 1 heterocycles. The van der Waals surface area contributed by atoms with Crippen LogP contribution in [0.25, 0.3) is 0 Å². The quantitative estimate of drug-likeness (QED) is 0.551. The first-order chi connectivity index (χ1) is 8.04. The van der Waals surface area contributed by atoms with Gasteiger partial charge in [-0.3, -0.25) is 9.59 Å². The van der Waals surface area contributed by atoms with Crippen LogP contribution in [-0.4, -0.2) is 23.6 Å². The molecule has 1 aliphatic heterocycles. The zero-order valence-electron chi connectivity index (χ0n) is 9.90. The first-order valence-corrected chi connectivity index (χ1v) is 6.10. The van der Waals surface area contributed by atoms with Crippen molar-refractivity contribution in [1.82, 2.24) is 0 Å². The Hall–Kier alpha value is -1.32. The lowest BCUT2D eigenvalue weighted by molar-refractivity contribution is -0.191. The van der Waals surface area contributed by atoms with Crippen LogP contribution in [0.15, 0.2) is 12.2 Å². The Bertz CT molecular complexity index is 414. The van der Waals surface area contributed by atoms with Crippen molar-refractivity contribution in [3.8, 4) is 0 Å². The average molecular weight is 236 g/mol. The predicted octanol–water partition coefficient (Wildman–Crippen LogP) is 1.59. The third kappa shape index (κ3) is 1.30. The normalized spacial score (nSPS) is 41.5. The molecule has 4 heteroatoms. The van der Waals surface area contributed by atoms with Gasteiger partial charge in [-0.2, -0.15) is 0 Å². The summed E-state index contributed by atoms with van der Waals surface area (Å²) < 4.78 is 10.9. The lowest BCUT2D eigenvalue weighted by atomic mass is 9.63. The van der Waals surface area contributed by atoms with Crippen molar-refractivity contribution >= 4 is 11.9 Å². The molecule has 2 saturated carbocycles. The smallest absolute Gasteiger partial charge is 0.313 e. The van der Waals surface area contributed by atoms with Gasteiger partial charge in [0.1, 0.15) is 12.0 Å². The molecule has 0 aromatic carbocycles. The number of carbonyl (C=O) groups is 2. The van der Waals surface area contributed by atoms with E-state index in [-0.39, 0.29) is 30.4 Å². The SMILES string of the molecule is C=C(C)CC(=O)O[C@@]12[C@H]3CC[C@@H]1OC(=O)[C@@H]2C3. The summed E-state index contributed by atoms with van der Waals surface area (Å²) in [5.41, 5.74) is 0.156. The van der Waals surface area contributed by atoms with E-state index in [9.17, 15) is 9.59 Å². The topological polar surface area (TPSA) is 52.6 Å². The lowest BCUT2D eigenvalue weighted by Gasteiger charge is -2.45. The van der Waals surface area contributed by atoms with E-state index in [1.54, 1.807) is 6.92 Å². The van der Waals surface area contributed by atoms with Gasteiger partial charge in [-0.05, 0) is 26.2 Å². The van der Waals surface area contributed by atoms with Gasteiger partial charge in [0.05, 0.1) is 6.42 Å². The van der Waals surface area contributed by atoms with Gasteiger partial charge in [0.2, 0.25) is 0 Å². The third-order valence-electron chi connectivity index (χ3n) is 4.26. The number of hydrogen-bond donors (Lipinski definition) is 0. The summed E-state index contributed by atoms with van der Waals surface area (Å²) in [6, 6.07) is 0. The monoisotopic (exact) mass is 236 g/mol. The molecule has 3 aliphatic rings. The molecule has 0 amide bonds. The Morgan fingerprint density at radius 1 is 1.59 bits per heavy atom. The number of carbonyl (C=O) groups excluding carboxylic acids is 2. The van der Waals surface area contributed by atoms with E-state index in [0.717, 1.165) is 24.8 Å². The van der Waals surface area contributed by atoms with Gasteiger partial charge in [0, 0.05) is 5.92 Å². The molecule has 92 valence electrons. The summed E-state index contributed by atoms with van der Waals surface area (Å²) in [6.07, 6.45) is 2.66. The second-order valence-corrected chi connectivity index (χ2v) is 5.45. The van der Waals surface area contributed by atoms with Crippen molar-refractivity contribution in [1.29, 1.82) is 0 Å². The molecule has 2 aliphatic carbocycles. The Kier molecular flexibility index (Phi) is 2.12. The fourth-order valence-corrected chi connectivity index (χ4v) is 3.54. The van der Waals surface area contributed by atoms with Crippen LogP contribution in [-0.2, 0) is 19.1 Å². The second-order valence-electron chi connectivity index (χ2n) is 5.45. The van der Waals surface area contributed by atoms with Gasteiger partial charge in [-0.1, -0.05) is 12.2 Å². The largest absolute Gasteiger partial charge is 0.458 e. The van der Waals surface area contributed by atoms with E-state index in [4.69, 9.17) is 9.47 Å². The molecule has 0 spiro atoms. The molecule has 1 saturated heterocycles. The van der Waals surface area contributed by atoms with E-state index in [2.05, 4.69) is 6.58 Å². The van der Waals surface area contributed by atoms with Crippen molar-refractivity contribution < 1.29 is 19.1 Å². The molecule has 0 aromatic rings. The van der Waals surface area contributed by atoms with Crippen LogP contribution in [0.3, 0.4) is 0 Å². The molecule has 4 nitrogen and oxygen atoms in total. The maximum Gasteiger partial charge on any atom is 0.313 e. The summed E-state index contributed by atoms with van der Waals surface area (Å²) in [5, 5.41) is 0. The third-order valence-corrected chi connectivity index (χ3v) is 4.26. The van der Waals surface area contributed by atoms with Gasteiger partial charge in [-0.15, -0.1) is 0 Å². The lowest BCUT2D eigenvalue weighted by Crippen LogP contribution is -2.58. The number of rotatable bonds is 3. The average Bonchev–Trinajstić information content (AvgIpc) is 2.49. The van der Waals surface area contributed by atoms with Crippen LogP contribution in [0, 0.1) is 11.8 Å². The molecule has 0 aromatic heterocycles. The van der Waals surface area contributed by atoms with E-state index in [1.807, 2.05) is 0 Å². The highest BCUT2D eigenvalue weighted by molar-refractivity contribution is 5.81. The fourth-order valence-electron chi connectivity index (χ4n) is 3.54. The Balaban J connectivity index is 1.79. The standard InChI is InChI=1S/C13H16O4/c1-7(2)5-11(14)17-13-8-3-4-10(13)16-12(15)9(13)6-8/h8-10H,1,3-6H2,2H3/t8-,9-,10-,13+/m0/s1. The summed E-state index contributed by atoms with van der Waals surface area (Å²) in [6.45, 7) is 5.49. The van der Waals surface area contributed by atoms with Gasteiger partial charge in [0.15, 0.2) is 5.60 Å². The van der Waals surface area contributed by atoms with E-state index < -0.39 is 5.60 Å². The Morgan fingerprint density at radius 3 is 3.06 bits per heavy atom. The highest BCUT2D eigenvalue weighted by Gasteiger charge is 2.74. The second kappa shape index (κ2) is 3.34. The molecule has 3 rings (SSSR count). The van der Waals surface area contributed by atoms with Crippen molar-refractivity contribution in [3.05, 3.63) is 12.2 Å². The van der Waals surface area contributed by atoms with Crippen LogP contribution in [0.1, 0.15) is 32.6 Å². The van der Waals surface area contributed by atoms with Gasteiger partial charge >= 0.3 is 11.9 Å². The van der Waals surface area contributed by atoms with E-state index in [0.29, 0.717) is 5.92 Å². The number of hydrogen-bond acceptors (Lipinski definition) is 4. The zero-order valence-corrected chi connectivity index (χ0v) is 9.90. The minimum atomic E-state index is -0.621. The van der Waals surface area contributed by atoms with Crippen LogP contribution in [0.5, 0.6) is 0 Å². The first-order valence-electron chi connectivity index (χ1n) is 6.10. The van der Waals surface area contributed by atoms with E-state index >= 15 is 0 Å². The first kappa shape index (κ1) is 10.8. The van der Waals surface area contributed by atoms with Gasteiger partial charge in [-0.25, -0.2) is 0 Å². The summed E-state index contributed by atoms with van der Waals surface area (Å²) in [5.74, 6) is -0.362. The minimum Gasteiger partial charge on any atom is -0.458 e. The Morgan fingerprint density at radius 2 is 2.35 bits per heavy atom. The molecule has 0 bridgehead atoms. The minimum absolute atomic E-state index is 0.186. The molecule has 4 atom stereocenters. The zero-order chi connectivity index (χ0) is 12.2. The van der Waals surface area contributed by atoms with Crippen molar-refractivity contribution in [2.24, 2.45) is 11.8 Å². The summed E-state index contributed by atoms with van der Waals surface area (Å²) in [4.78, 5) is 23.4. The van der Waals surface area contributed by atoms with Crippen LogP contribution in [0.4, 0.5) is 0 Å². The van der Waals surface area contributed by atoms with Crippen LogP contribution >= 0.6 is 0 Å². The summed E-state index contributed by atoms with van der Waals surface area (Å²) >= 11 is 0. The van der Waals surface area contributed by atoms with Crippen LogP contribution in [0.2, 0.25) is 0 Å². The molecule has 0 unspecified atom stereocenters. The number of esters is 2. The van der Waals surface area contributed by atoms with Crippen molar-refractivity contribution in [2.45, 2.75) is 44.3 Å². The molecule has 0 radical (unpaired) electrons. The highest BCUT2D eigenvalue weighted by atomic mass is 16.6. The molecule has 0 N–H and O–H groups in total. The predicted molar refractivity (Wildman–Crippen MR) is 59.0 cm³/mol.